The summed E-state index contributed by atoms with van der Waals surface area (Å²) < 4.78 is 0. The van der Waals surface area contributed by atoms with Gasteiger partial charge in [0.25, 0.3) is 0 Å². The largest absolute Gasteiger partial charge is 0.389 e. The maximum atomic E-state index is 6.11. The molecular weight excluding hydrogens is 266 g/mol. The summed E-state index contributed by atoms with van der Waals surface area (Å²) in [6.45, 7) is 1.92. The number of rotatable bonds is 3. The molecule has 0 fully saturated rings. The summed E-state index contributed by atoms with van der Waals surface area (Å²) in [5, 5.41) is 3.78. The molecule has 0 atom stereocenters. The first kappa shape index (κ1) is 12.8. The van der Waals surface area contributed by atoms with Gasteiger partial charge in [0, 0.05) is 6.20 Å². The van der Waals surface area contributed by atoms with Gasteiger partial charge in [-0.15, -0.1) is 0 Å². The number of pyridine rings is 1. The highest BCUT2D eigenvalue weighted by Gasteiger charge is 2.10. The summed E-state index contributed by atoms with van der Waals surface area (Å²) in [7, 11) is 0. The van der Waals surface area contributed by atoms with E-state index in [-0.39, 0.29) is 4.99 Å². The maximum Gasteiger partial charge on any atom is 0.107 e. The summed E-state index contributed by atoms with van der Waals surface area (Å²) in [4.78, 5) is 4.48. The summed E-state index contributed by atoms with van der Waals surface area (Å²) in [6, 6.07) is 9.29. The highest BCUT2D eigenvalue weighted by molar-refractivity contribution is 7.80. The molecule has 0 aliphatic carbocycles. The number of hydrogen-bond donors (Lipinski definition) is 2. The minimum atomic E-state index is 0.268. The molecule has 3 nitrogen and oxygen atoms in total. The van der Waals surface area contributed by atoms with Gasteiger partial charge >= 0.3 is 0 Å². The Morgan fingerprint density at radius 2 is 2.00 bits per heavy atom. The number of nitrogens with zero attached hydrogens (tertiary/aromatic N) is 1. The third-order valence-electron chi connectivity index (χ3n) is 2.54. The molecule has 0 saturated carbocycles. The fraction of sp³-hybridized carbons (Fsp3) is 0.0769. The van der Waals surface area contributed by atoms with E-state index in [0.717, 1.165) is 17.1 Å². The van der Waals surface area contributed by atoms with Crippen molar-refractivity contribution in [2.45, 2.75) is 6.92 Å². The second-order valence-corrected chi connectivity index (χ2v) is 4.64. The Morgan fingerprint density at radius 1 is 1.28 bits per heavy atom. The Bertz CT molecular complexity index is 599. The molecule has 0 unspecified atom stereocenters. The van der Waals surface area contributed by atoms with Crippen LogP contribution in [0.15, 0.2) is 36.5 Å². The molecule has 0 amide bonds. The van der Waals surface area contributed by atoms with Crippen LogP contribution >= 0.6 is 23.8 Å². The van der Waals surface area contributed by atoms with Gasteiger partial charge in [0.05, 0.1) is 27.7 Å². The predicted molar refractivity (Wildman–Crippen MR) is 79.6 cm³/mol. The molecule has 0 spiro atoms. The summed E-state index contributed by atoms with van der Waals surface area (Å²) in [5.41, 5.74) is 8.93. The average molecular weight is 278 g/mol. The lowest BCUT2D eigenvalue weighted by atomic mass is 10.1. The van der Waals surface area contributed by atoms with Gasteiger partial charge in [0.2, 0.25) is 0 Å². The van der Waals surface area contributed by atoms with Crippen LogP contribution < -0.4 is 11.1 Å². The van der Waals surface area contributed by atoms with Crippen LogP contribution in [0.3, 0.4) is 0 Å². The number of aromatic nitrogens is 1. The van der Waals surface area contributed by atoms with Crippen molar-refractivity contribution in [3.8, 4) is 0 Å². The van der Waals surface area contributed by atoms with Crippen molar-refractivity contribution in [3.05, 3.63) is 52.8 Å². The average Bonchev–Trinajstić information content (AvgIpc) is 2.31. The summed E-state index contributed by atoms with van der Waals surface area (Å²) in [6.07, 6.45) is 1.74. The van der Waals surface area contributed by atoms with E-state index >= 15 is 0 Å². The van der Waals surface area contributed by atoms with Gasteiger partial charge in [-0.2, -0.15) is 0 Å². The lowest BCUT2D eigenvalue weighted by Gasteiger charge is -2.13. The fourth-order valence-electron chi connectivity index (χ4n) is 1.64. The van der Waals surface area contributed by atoms with Gasteiger partial charge in [0.1, 0.15) is 4.99 Å². The molecule has 0 bridgehead atoms. The van der Waals surface area contributed by atoms with Crippen molar-refractivity contribution >= 4 is 40.2 Å². The number of benzene rings is 1. The molecule has 92 valence electrons. The van der Waals surface area contributed by atoms with Crippen LogP contribution in [0.25, 0.3) is 0 Å². The molecule has 2 aromatic rings. The van der Waals surface area contributed by atoms with Crippen LogP contribution in [0.5, 0.6) is 0 Å². The Hall–Kier alpha value is -1.65. The zero-order valence-electron chi connectivity index (χ0n) is 9.77. The maximum absolute atomic E-state index is 6.11. The molecule has 18 heavy (non-hydrogen) atoms. The van der Waals surface area contributed by atoms with Gasteiger partial charge in [-0.3, -0.25) is 4.98 Å². The van der Waals surface area contributed by atoms with E-state index in [9.17, 15) is 0 Å². The van der Waals surface area contributed by atoms with Gasteiger partial charge in [0.15, 0.2) is 0 Å². The molecule has 5 heteroatoms. The number of aryl methyl sites for hydroxylation is 1. The molecule has 2 rings (SSSR count). The Morgan fingerprint density at radius 3 is 2.67 bits per heavy atom. The van der Waals surface area contributed by atoms with Crippen molar-refractivity contribution in [1.82, 2.24) is 4.98 Å². The molecule has 0 saturated heterocycles. The second-order valence-electron chi connectivity index (χ2n) is 3.79. The lowest BCUT2D eigenvalue weighted by molar-refractivity contribution is 1.20. The predicted octanol–water partition coefficient (Wildman–Crippen LogP) is 3.42. The topological polar surface area (TPSA) is 50.9 Å². The Kier molecular flexibility index (Phi) is 3.79. The van der Waals surface area contributed by atoms with E-state index in [1.807, 2.05) is 31.2 Å². The lowest BCUT2D eigenvalue weighted by Crippen LogP contribution is -2.13. The quantitative estimate of drug-likeness (QED) is 0.844. The van der Waals surface area contributed by atoms with E-state index in [4.69, 9.17) is 29.6 Å². The zero-order chi connectivity index (χ0) is 13.1. The first-order valence-corrected chi connectivity index (χ1v) is 6.15. The van der Waals surface area contributed by atoms with Crippen LogP contribution in [0.4, 0.5) is 11.4 Å². The summed E-state index contributed by atoms with van der Waals surface area (Å²) >= 11 is 11.1. The highest BCUT2D eigenvalue weighted by atomic mass is 35.5. The minimum absolute atomic E-state index is 0.268. The van der Waals surface area contributed by atoms with Crippen LogP contribution in [0, 0.1) is 6.92 Å². The first-order chi connectivity index (χ1) is 8.59. The molecule has 0 aliphatic rings. The molecule has 0 radical (unpaired) electrons. The van der Waals surface area contributed by atoms with Crippen LogP contribution in [-0.2, 0) is 0 Å². The number of thiocarbonyl (C=S) groups is 1. The number of nitrogens with two attached hydrogens (primary N) is 1. The van der Waals surface area contributed by atoms with E-state index in [0.29, 0.717) is 10.6 Å². The van der Waals surface area contributed by atoms with E-state index in [1.54, 1.807) is 12.3 Å². The zero-order valence-corrected chi connectivity index (χ0v) is 11.3. The molecule has 1 aromatic heterocycles. The second kappa shape index (κ2) is 5.33. The Labute approximate surface area is 116 Å². The molecule has 0 aliphatic heterocycles. The van der Waals surface area contributed by atoms with Gasteiger partial charge in [-0.25, -0.2) is 0 Å². The number of hydrogen-bond acceptors (Lipinski definition) is 3. The number of nitrogens with one attached hydrogen (secondary N) is 1. The molecule has 3 N–H and O–H groups in total. The number of halogens is 1. The van der Waals surface area contributed by atoms with E-state index < -0.39 is 0 Å². The molecule has 1 heterocycles. The van der Waals surface area contributed by atoms with Crippen LogP contribution in [0.1, 0.15) is 11.3 Å². The van der Waals surface area contributed by atoms with Crippen molar-refractivity contribution in [2.75, 3.05) is 5.32 Å². The fourth-order valence-corrected chi connectivity index (χ4v) is 2.19. The smallest absolute Gasteiger partial charge is 0.107 e. The monoisotopic (exact) mass is 277 g/mol. The summed E-state index contributed by atoms with van der Waals surface area (Å²) in [5.74, 6) is 0. The van der Waals surface area contributed by atoms with Gasteiger partial charge in [-0.1, -0.05) is 29.9 Å². The van der Waals surface area contributed by atoms with Gasteiger partial charge in [-0.05, 0) is 31.2 Å². The molecule has 1 aromatic carbocycles. The van der Waals surface area contributed by atoms with Crippen molar-refractivity contribution in [1.29, 1.82) is 0 Å². The van der Waals surface area contributed by atoms with Crippen LogP contribution in [0.2, 0.25) is 5.02 Å². The highest BCUT2D eigenvalue weighted by Crippen LogP contribution is 2.27. The standard InChI is InChI=1S/C13H12ClN3S/c1-8-10(6-3-7-16-8)17-11-5-2-4-9(14)12(11)13(15)18/h2-7,17H,1H3,(H2,15,18). The van der Waals surface area contributed by atoms with Crippen molar-refractivity contribution < 1.29 is 0 Å². The minimum Gasteiger partial charge on any atom is -0.389 e. The first-order valence-electron chi connectivity index (χ1n) is 5.36. The normalized spacial score (nSPS) is 10.1. The SMILES string of the molecule is Cc1ncccc1Nc1cccc(Cl)c1C(N)=S. The third kappa shape index (κ3) is 2.60. The number of anilines is 2. The molecular formula is C13H12ClN3S. The van der Waals surface area contributed by atoms with Crippen molar-refractivity contribution in [2.24, 2.45) is 5.73 Å². The van der Waals surface area contributed by atoms with Crippen molar-refractivity contribution in [3.63, 3.8) is 0 Å². The Balaban J connectivity index is 2.44. The van der Waals surface area contributed by atoms with E-state index in [1.165, 1.54) is 0 Å². The van der Waals surface area contributed by atoms with E-state index in [2.05, 4.69) is 10.3 Å². The van der Waals surface area contributed by atoms with Crippen LogP contribution in [-0.4, -0.2) is 9.97 Å². The van der Waals surface area contributed by atoms with Gasteiger partial charge < -0.3 is 11.1 Å². The third-order valence-corrected chi connectivity index (χ3v) is 3.06.